The van der Waals surface area contributed by atoms with Crippen LogP contribution in [0.1, 0.15) is 34.6 Å². The summed E-state index contributed by atoms with van der Waals surface area (Å²) >= 11 is 0. The van der Waals surface area contributed by atoms with Gasteiger partial charge in [0.25, 0.3) is 0 Å². The van der Waals surface area contributed by atoms with Crippen LogP contribution in [0.15, 0.2) is 0 Å². The molecule has 112 valence electrons. The van der Waals surface area contributed by atoms with Gasteiger partial charge in [0.15, 0.2) is 0 Å². The molecule has 0 radical (unpaired) electrons. The molecule has 6 heteroatoms. The third-order valence-corrected chi connectivity index (χ3v) is 2.24. The van der Waals surface area contributed by atoms with Crippen LogP contribution in [0.25, 0.3) is 0 Å². The fraction of sp³-hybridized carbons (Fsp3) is 0.846. The lowest BCUT2D eigenvalue weighted by molar-refractivity contribution is 0.0277. The van der Waals surface area contributed by atoms with E-state index in [1.54, 1.807) is 7.05 Å². The molecule has 0 aliphatic carbocycles. The standard InChI is InChI=1S/C13H27N3O3/c1-7-14-11(17)15-8-10(2)9-16(6)12(18)19-13(3,4)5/h10H,7-9H2,1-6H3,(H2,14,15,17)/t10-/m1/s1. The van der Waals surface area contributed by atoms with E-state index < -0.39 is 5.60 Å². The Bertz CT molecular complexity index is 300. The molecule has 6 nitrogen and oxygen atoms in total. The Morgan fingerprint density at radius 3 is 2.32 bits per heavy atom. The SMILES string of the molecule is CCNC(=O)NC[C@@H](C)CN(C)C(=O)OC(C)(C)C. The van der Waals surface area contributed by atoms with Crippen LogP contribution >= 0.6 is 0 Å². The average Bonchev–Trinajstić information content (AvgIpc) is 2.24. The molecule has 1 atom stereocenters. The van der Waals surface area contributed by atoms with Gasteiger partial charge in [-0.15, -0.1) is 0 Å². The highest BCUT2D eigenvalue weighted by Gasteiger charge is 2.20. The zero-order valence-corrected chi connectivity index (χ0v) is 12.9. The molecule has 0 saturated carbocycles. The number of ether oxygens (including phenoxy) is 1. The van der Waals surface area contributed by atoms with Gasteiger partial charge in [-0.3, -0.25) is 0 Å². The molecule has 0 aliphatic rings. The van der Waals surface area contributed by atoms with Crippen molar-refractivity contribution in [3.63, 3.8) is 0 Å². The van der Waals surface area contributed by atoms with Crippen LogP contribution in [0, 0.1) is 5.92 Å². The number of amides is 3. The zero-order chi connectivity index (χ0) is 15.1. The van der Waals surface area contributed by atoms with Crippen LogP contribution in [-0.4, -0.2) is 49.3 Å². The van der Waals surface area contributed by atoms with Gasteiger partial charge in [-0.1, -0.05) is 6.92 Å². The molecule has 3 amide bonds. The van der Waals surface area contributed by atoms with E-state index in [0.29, 0.717) is 19.6 Å². The first-order chi connectivity index (χ1) is 8.65. The lowest BCUT2D eigenvalue weighted by Crippen LogP contribution is -2.41. The van der Waals surface area contributed by atoms with Crippen molar-refractivity contribution in [3.05, 3.63) is 0 Å². The second kappa shape index (κ2) is 7.86. The fourth-order valence-electron chi connectivity index (χ4n) is 1.44. The van der Waals surface area contributed by atoms with Gasteiger partial charge in [0.2, 0.25) is 0 Å². The lowest BCUT2D eigenvalue weighted by Gasteiger charge is -2.26. The lowest BCUT2D eigenvalue weighted by atomic mass is 10.1. The third kappa shape index (κ3) is 9.16. The van der Waals surface area contributed by atoms with E-state index in [4.69, 9.17) is 4.74 Å². The van der Waals surface area contributed by atoms with Crippen LogP contribution in [0.4, 0.5) is 9.59 Å². The molecule has 0 fully saturated rings. The van der Waals surface area contributed by atoms with Crippen molar-refractivity contribution in [2.24, 2.45) is 5.92 Å². The van der Waals surface area contributed by atoms with Gasteiger partial charge in [-0.25, -0.2) is 9.59 Å². The van der Waals surface area contributed by atoms with Crippen molar-refractivity contribution in [2.45, 2.75) is 40.2 Å². The molecule has 0 heterocycles. The molecule has 0 unspecified atom stereocenters. The molecule has 2 N–H and O–H groups in total. The fourth-order valence-corrected chi connectivity index (χ4v) is 1.44. The van der Waals surface area contributed by atoms with E-state index in [1.165, 1.54) is 4.90 Å². The third-order valence-electron chi connectivity index (χ3n) is 2.24. The first-order valence-electron chi connectivity index (χ1n) is 6.61. The van der Waals surface area contributed by atoms with Gasteiger partial charge in [0, 0.05) is 26.7 Å². The van der Waals surface area contributed by atoms with Crippen LogP contribution in [0.5, 0.6) is 0 Å². The monoisotopic (exact) mass is 273 g/mol. The molecule has 0 spiro atoms. The van der Waals surface area contributed by atoms with E-state index in [1.807, 2.05) is 34.6 Å². The Kier molecular flexibility index (Phi) is 7.26. The summed E-state index contributed by atoms with van der Waals surface area (Å²) in [6.07, 6.45) is -0.350. The van der Waals surface area contributed by atoms with E-state index in [0.717, 1.165) is 0 Å². The van der Waals surface area contributed by atoms with Crippen molar-refractivity contribution in [1.82, 2.24) is 15.5 Å². The summed E-state index contributed by atoms with van der Waals surface area (Å²) in [6, 6.07) is -0.186. The summed E-state index contributed by atoms with van der Waals surface area (Å²) < 4.78 is 5.25. The van der Waals surface area contributed by atoms with Crippen molar-refractivity contribution in [2.75, 3.05) is 26.7 Å². The van der Waals surface area contributed by atoms with Gasteiger partial charge >= 0.3 is 12.1 Å². The molecule has 0 bridgehead atoms. The second-order valence-corrected chi connectivity index (χ2v) is 5.71. The normalized spacial score (nSPS) is 12.5. The minimum absolute atomic E-state index is 0.153. The van der Waals surface area contributed by atoms with E-state index >= 15 is 0 Å². The highest BCUT2D eigenvalue weighted by Crippen LogP contribution is 2.09. The number of carbonyl (C=O) groups excluding carboxylic acids is 2. The predicted molar refractivity (Wildman–Crippen MR) is 75.1 cm³/mol. The molecule has 19 heavy (non-hydrogen) atoms. The molecule has 0 rings (SSSR count). The summed E-state index contributed by atoms with van der Waals surface area (Å²) in [5, 5.41) is 5.40. The molecule has 0 aromatic carbocycles. The first kappa shape index (κ1) is 17.5. The minimum Gasteiger partial charge on any atom is -0.444 e. The number of carbonyl (C=O) groups is 2. The predicted octanol–water partition coefficient (Wildman–Crippen LogP) is 1.81. The molecule has 0 aromatic rings. The number of rotatable bonds is 5. The van der Waals surface area contributed by atoms with Gasteiger partial charge < -0.3 is 20.3 Å². The number of hydrogen-bond donors (Lipinski definition) is 2. The average molecular weight is 273 g/mol. The van der Waals surface area contributed by atoms with E-state index in [2.05, 4.69) is 10.6 Å². The summed E-state index contributed by atoms with van der Waals surface area (Å²) in [5.74, 6) is 0.153. The summed E-state index contributed by atoms with van der Waals surface area (Å²) in [6.45, 7) is 11.0. The van der Waals surface area contributed by atoms with Gasteiger partial charge in [0.05, 0.1) is 0 Å². The van der Waals surface area contributed by atoms with Crippen molar-refractivity contribution < 1.29 is 14.3 Å². The maximum atomic E-state index is 11.7. The van der Waals surface area contributed by atoms with Crippen LogP contribution < -0.4 is 10.6 Å². The van der Waals surface area contributed by atoms with Crippen molar-refractivity contribution in [1.29, 1.82) is 0 Å². The molecular weight excluding hydrogens is 246 g/mol. The highest BCUT2D eigenvalue weighted by atomic mass is 16.6. The molecule has 0 saturated heterocycles. The Labute approximate surface area is 115 Å². The highest BCUT2D eigenvalue weighted by molar-refractivity contribution is 5.73. The summed E-state index contributed by atoms with van der Waals surface area (Å²) in [4.78, 5) is 24.5. The summed E-state index contributed by atoms with van der Waals surface area (Å²) in [7, 11) is 1.69. The van der Waals surface area contributed by atoms with Gasteiger partial charge in [0.1, 0.15) is 5.60 Å². The van der Waals surface area contributed by atoms with Gasteiger partial charge in [-0.2, -0.15) is 0 Å². The Morgan fingerprint density at radius 1 is 1.26 bits per heavy atom. The van der Waals surface area contributed by atoms with E-state index in [-0.39, 0.29) is 18.0 Å². The first-order valence-corrected chi connectivity index (χ1v) is 6.61. The number of hydrogen-bond acceptors (Lipinski definition) is 3. The maximum absolute atomic E-state index is 11.7. The van der Waals surface area contributed by atoms with Crippen LogP contribution in [0.2, 0.25) is 0 Å². The molecule has 0 aromatic heterocycles. The Morgan fingerprint density at radius 2 is 1.84 bits per heavy atom. The topological polar surface area (TPSA) is 70.7 Å². The van der Waals surface area contributed by atoms with Crippen molar-refractivity contribution >= 4 is 12.1 Å². The number of nitrogens with one attached hydrogen (secondary N) is 2. The van der Waals surface area contributed by atoms with Crippen LogP contribution in [0.3, 0.4) is 0 Å². The Hall–Kier alpha value is -1.46. The zero-order valence-electron chi connectivity index (χ0n) is 12.9. The maximum Gasteiger partial charge on any atom is 0.410 e. The second-order valence-electron chi connectivity index (χ2n) is 5.71. The molecular formula is C13H27N3O3. The van der Waals surface area contributed by atoms with Crippen molar-refractivity contribution in [3.8, 4) is 0 Å². The van der Waals surface area contributed by atoms with E-state index in [9.17, 15) is 9.59 Å². The number of urea groups is 1. The number of nitrogens with zero attached hydrogens (tertiary/aromatic N) is 1. The van der Waals surface area contributed by atoms with Gasteiger partial charge in [-0.05, 0) is 33.6 Å². The minimum atomic E-state index is -0.492. The smallest absolute Gasteiger partial charge is 0.410 e. The van der Waals surface area contributed by atoms with Crippen LogP contribution in [-0.2, 0) is 4.74 Å². The quantitative estimate of drug-likeness (QED) is 0.802. The largest absolute Gasteiger partial charge is 0.444 e. The molecule has 0 aliphatic heterocycles. The Balaban J connectivity index is 4.01. The summed E-state index contributed by atoms with van der Waals surface area (Å²) in [5.41, 5.74) is -0.492.